The average Bonchev–Trinajstić information content (AvgIpc) is 2.17. The fourth-order valence-corrected chi connectivity index (χ4v) is 2.33. The molecule has 0 aliphatic rings. The number of rotatable bonds is 4. The highest BCUT2D eigenvalue weighted by molar-refractivity contribution is 7.89. The van der Waals surface area contributed by atoms with Crippen LogP contribution in [0.1, 0.15) is 22.8 Å². The number of carboxylic acid groups (broad SMARTS) is 1. The standard InChI is InChI=1S/C10H13NO4S/c1-3-11-16(14,15)8-5-4-7(2)9(6-8)10(12)13/h4-6,11H,3H2,1-2H3,(H,12,13)/p-1. The summed E-state index contributed by atoms with van der Waals surface area (Å²) in [6.07, 6.45) is 0. The van der Waals surface area contributed by atoms with E-state index in [0.29, 0.717) is 5.56 Å². The lowest BCUT2D eigenvalue weighted by Crippen LogP contribution is -2.26. The number of aryl methyl sites for hydroxylation is 1. The molecule has 0 bridgehead atoms. The van der Waals surface area contributed by atoms with Crippen LogP contribution < -0.4 is 9.83 Å². The van der Waals surface area contributed by atoms with E-state index in [-0.39, 0.29) is 17.0 Å². The van der Waals surface area contributed by atoms with Gasteiger partial charge < -0.3 is 9.90 Å². The molecule has 0 aliphatic carbocycles. The highest BCUT2D eigenvalue weighted by Crippen LogP contribution is 2.14. The Labute approximate surface area is 94.2 Å². The number of hydrogen-bond donors (Lipinski definition) is 1. The smallest absolute Gasteiger partial charge is 0.240 e. The Morgan fingerprint density at radius 2 is 2.06 bits per heavy atom. The second-order valence-corrected chi connectivity index (χ2v) is 5.03. The van der Waals surface area contributed by atoms with E-state index in [0.717, 1.165) is 6.07 Å². The molecule has 0 radical (unpaired) electrons. The minimum atomic E-state index is -3.62. The van der Waals surface area contributed by atoms with E-state index in [9.17, 15) is 18.3 Å². The van der Waals surface area contributed by atoms with E-state index < -0.39 is 16.0 Å². The van der Waals surface area contributed by atoms with Gasteiger partial charge in [-0.15, -0.1) is 0 Å². The number of hydrogen-bond acceptors (Lipinski definition) is 4. The Morgan fingerprint density at radius 1 is 1.44 bits per heavy atom. The molecule has 0 atom stereocenters. The average molecular weight is 242 g/mol. The first-order valence-corrected chi connectivity index (χ1v) is 6.18. The van der Waals surface area contributed by atoms with E-state index in [1.54, 1.807) is 13.8 Å². The molecule has 1 N–H and O–H groups in total. The zero-order chi connectivity index (χ0) is 12.3. The van der Waals surface area contributed by atoms with Gasteiger partial charge >= 0.3 is 0 Å². The number of benzene rings is 1. The second-order valence-electron chi connectivity index (χ2n) is 3.27. The molecule has 1 aromatic carbocycles. The van der Waals surface area contributed by atoms with Gasteiger partial charge in [0.05, 0.1) is 10.9 Å². The third-order valence-electron chi connectivity index (χ3n) is 2.07. The Bertz CT molecular complexity index is 508. The number of nitrogens with one attached hydrogen (secondary N) is 1. The van der Waals surface area contributed by atoms with E-state index in [4.69, 9.17) is 0 Å². The maximum atomic E-state index is 11.6. The summed E-state index contributed by atoms with van der Waals surface area (Å²) in [5.41, 5.74) is 0.356. The van der Waals surface area contributed by atoms with Crippen LogP contribution in [0.15, 0.2) is 23.1 Å². The zero-order valence-corrected chi connectivity index (χ0v) is 9.80. The topological polar surface area (TPSA) is 86.3 Å². The maximum Gasteiger partial charge on any atom is 0.240 e. The van der Waals surface area contributed by atoms with Gasteiger partial charge in [0.2, 0.25) is 10.0 Å². The highest BCUT2D eigenvalue weighted by atomic mass is 32.2. The van der Waals surface area contributed by atoms with E-state index in [2.05, 4.69) is 4.72 Å². The minimum Gasteiger partial charge on any atom is -0.545 e. The summed E-state index contributed by atoms with van der Waals surface area (Å²) in [5, 5.41) is 10.7. The first-order chi connectivity index (χ1) is 7.38. The first kappa shape index (κ1) is 12.7. The Kier molecular flexibility index (Phi) is 3.66. The molecule has 0 aromatic heterocycles. The fourth-order valence-electron chi connectivity index (χ4n) is 1.26. The van der Waals surface area contributed by atoms with Crippen molar-refractivity contribution in [2.75, 3.05) is 6.54 Å². The largest absolute Gasteiger partial charge is 0.545 e. The van der Waals surface area contributed by atoms with Crippen molar-refractivity contribution in [2.24, 2.45) is 0 Å². The summed E-state index contributed by atoms with van der Waals surface area (Å²) in [6, 6.07) is 3.90. The van der Waals surface area contributed by atoms with Crippen molar-refractivity contribution in [3.63, 3.8) is 0 Å². The van der Waals surface area contributed by atoms with Crippen molar-refractivity contribution in [1.82, 2.24) is 4.72 Å². The van der Waals surface area contributed by atoms with Crippen LogP contribution in [0.25, 0.3) is 0 Å². The molecule has 1 aromatic rings. The monoisotopic (exact) mass is 242 g/mol. The first-order valence-electron chi connectivity index (χ1n) is 4.70. The summed E-state index contributed by atoms with van der Waals surface area (Å²) in [4.78, 5) is 10.7. The predicted molar refractivity (Wildman–Crippen MR) is 56.4 cm³/mol. The number of carboxylic acids is 1. The third-order valence-corrected chi connectivity index (χ3v) is 3.62. The van der Waals surface area contributed by atoms with Gasteiger partial charge in [-0.05, 0) is 24.6 Å². The fraction of sp³-hybridized carbons (Fsp3) is 0.300. The lowest BCUT2D eigenvalue weighted by atomic mass is 10.1. The third kappa shape index (κ3) is 2.59. The summed E-state index contributed by atoms with van der Waals surface area (Å²) in [6.45, 7) is 3.47. The van der Waals surface area contributed by atoms with Gasteiger partial charge in [-0.3, -0.25) is 0 Å². The summed E-state index contributed by atoms with van der Waals surface area (Å²) >= 11 is 0. The SMILES string of the molecule is CCNS(=O)(=O)c1ccc(C)c(C(=O)[O-])c1. The van der Waals surface area contributed by atoms with Crippen molar-refractivity contribution in [3.05, 3.63) is 29.3 Å². The predicted octanol–water partition coefficient (Wildman–Crippen LogP) is -0.343. The summed E-state index contributed by atoms with van der Waals surface area (Å²) in [7, 11) is -3.62. The van der Waals surface area contributed by atoms with Gasteiger partial charge in [-0.25, -0.2) is 13.1 Å². The molecule has 16 heavy (non-hydrogen) atoms. The lowest BCUT2D eigenvalue weighted by molar-refractivity contribution is -0.255. The number of carbonyl (C=O) groups excluding carboxylic acids is 1. The highest BCUT2D eigenvalue weighted by Gasteiger charge is 2.14. The molecular weight excluding hydrogens is 230 g/mol. The van der Waals surface area contributed by atoms with E-state index >= 15 is 0 Å². The van der Waals surface area contributed by atoms with E-state index in [1.807, 2.05) is 0 Å². The normalized spacial score (nSPS) is 11.4. The molecule has 5 nitrogen and oxygen atoms in total. The number of sulfonamides is 1. The molecule has 88 valence electrons. The molecule has 0 amide bonds. The van der Waals surface area contributed by atoms with Gasteiger partial charge in [0, 0.05) is 12.1 Å². The molecule has 0 fully saturated rings. The molecule has 0 aliphatic heterocycles. The van der Waals surface area contributed by atoms with Crippen LogP contribution in [-0.2, 0) is 10.0 Å². The van der Waals surface area contributed by atoms with Crippen molar-refractivity contribution in [2.45, 2.75) is 18.7 Å². The van der Waals surface area contributed by atoms with Crippen LogP contribution in [0.4, 0.5) is 0 Å². The van der Waals surface area contributed by atoms with Crippen LogP contribution in [0.2, 0.25) is 0 Å². The number of carbonyl (C=O) groups is 1. The van der Waals surface area contributed by atoms with Crippen molar-refractivity contribution < 1.29 is 18.3 Å². The maximum absolute atomic E-state index is 11.6. The summed E-state index contributed by atoms with van der Waals surface area (Å²) in [5.74, 6) is -1.38. The van der Waals surface area contributed by atoms with Crippen LogP contribution in [0.3, 0.4) is 0 Å². The van der Waals surface area contributed by atoms with Crippen molar-refractivity contribution >= 4 is 16.0 Å². The summed E-state index contributed by atoms with van der Waals surface area (Å²) < 4.78 is 25.5. The molecule has 0 unspecified atom stereocenters. The Morgan fingerprint density at radius 3 is 2.56 bits per heavy atom. The van der Waals surface area contributed by atoms with Gasteiger partial charge in [-0.2, -0.15) is 0 Å². The van der Waals surface area contributed by atoms with Gasteiger partial charge in [0.1, 0.15) is 0 Å². The molecule has 0 spiro atoms. The minimum absolute atomic E-state index is 0.0702. The zero-order valence-electron chi connectivity index (χ0n) is 8.98. The molecular formula is C10H12NO4S-. The van der Waals surface area contributed by atoms with E-state index in [1.165, 1.54) is 12.1 Å². The Balaban J connectivity index is 3.28. The molecule has 0 saturated carbocycles. The molecule has 0 saturated heterocycles. The second kappa shape index (κ2) is 4.63. The molecule has 6 heteroatoms. The lowest BCUT2D eigenvalue weighted by Gasteiger charge is -2.10. The van der Waals surface area contributed by atoms with Crippen LogP contribution in [0.5, 0.6) is 0 Å². The van der Waals surface area contributed by atoms with Crippen LogP contribution in [0, 0.1) is 6.92 Å². The number of aromatic carboxylic acids is 1. The van der Waals surface area contributed by atoms with Gasteiger partial charge in [0.15, 0.2) is 0 Å². The van der Waals surface area contributed by atoms with Crippen LogP contribution in [-0.4, -0.2) is 20.9 Å². The van der Waals surface area contributed by atoms with Gasteiger partial charge in [0.25, 0.3) is 0 Å². The van der Waals surface area contributed by atoms with Crippen LogP contribution >= 0.6 is 0 Å². The van der Waals surface area contributed by atoms with Crippen molar-refractivity contribution in [3.8, 4) is 0 Å². The van der Waals surface area contributed by atoms with Gasteiger partial charge in [-0.1, -0.05) is 13.0 Å². The Hall–Kier alpha value is -1.40. The molecule has 1 rings (SSSR count). The van der Waals surface area contributed by atoms with Crippen molar-refractivity contribution in [1.29, 1.82) is 0 Å². The molecule has 0 heterocycles. The quantitative estimate of drug-likeness (QED) is 0.782.